The number of rotatable bonds is 16. The minimum Gasteiger partial charge on any atom is -0.490 e. The van der Waals surface area contributed by atoms with Crippen LogP contribution in [0.3, 0.4) is 0 Å². The van der Waals surface area contributed by atoms with Crippen molar-refractivity contribution in [2.75, 3.05) is 20.3 Å². The highest BCUT2D eigenvalue weighted by atomic mass is 32.2. The summed E-state index contributed by atoms with van der Waals surface area (Å²) in [4.78, 5) is 72.0. The van der Waals surface area contributed by atoms with E-state index in [0.717, 1.165) is 68.0 Å². The number of amides is 6. The van der Waals surface area contributed by atoms with Crippen molar-refractivity contribution in [1.82, 2.24) is 20.9 Å². The quantitative estimate of drug-likeness (QED) is 0.0741. The molecule has 7 rings (SSSR count). The molecule has 2 atom stereocenters. The van der Waals surface area contributed by atoms with Crippen LogP contribution in [0.2, 0.25) is 0 Å². The van der Waals surface area contributed by atoms with Crippen LogP contribution in [-0.4, -0.2) is 80.6 Å². The van der Waals surface area contributed by atoms with Gasteiger partial charge in [-0.1, -0.05) is 115 Å². The van der Waals surface area contributed by atoms with Gasteiger partial charge in [0, 0.05) is 24.7 Å². The molecule has 338 valence electrons. The summed E-state index contributed by atoms with van der Waals surface area (Å²) < 4.78 is 11.3. The molecule has 5 aromatic carbocycles. The van der Waals surface area contributed by atoms with E-state index in [4.69, 9.17) is 14.6 Å². The Morgan fingerprint density at radius 1 is 0.646 bits per heavy atom. The van der Waals surface area contributed by atoms with Crippen molar-refractivity contribution in [3.05, 3.63) is 143 Å². The van der Waals surface area contributed by atoms with Crippen LogP contribution in [0.1, 0.15) is 60.3 Å². The second kappa shape index (κ2) is 21.9. The minimum atomic E-state index is -1.03. The molecule has 0 aliphatic carbocycles. The number of carbonyl (C=O) groups is 6. The lowest BCUT2D eigenvalue weighted by molar-refractivity contribution is -0.119. The summed E-state index contributed by atoms with van der Waals surface area (Å²) in [6.07, 6.45) is 0.559. The summed E-state index contributed by atoms with van der Waals surface area (Å²) in [6.45, 7) is 8.95. The smallest absolute Gasteiger partial charge is 0.405 e. The number of imide groups is 2. The molecule has 0 bridgehead atoms. The number of ether oxygens (including phenoxy) is 2. The molecule has 15 heteroatoms. The number of carbonyl (C=O) groups excluding carboxylic acids is 5. The van der Waals surface area contributed by atoms with Crippen LogP contribution >= 0.6 is 23.5 Å². The molecular formula is C50H52N4O9S2. The van der Waals surface area contributed by atoms with E-state index in [2.05, 4.69) is 28.1 Å². The Hall–Kier alpha value is -6.58. The molecule has 2 aliphatic heterocycles. The highest BCUT2D eigenvalue weighted by Gasteiger charge is 2.32. The van der Waals surface area contributed by atoms with E-state index in [9.17, 15) is 28.8 Å². The number of nitrogens with one attached hydrogen (secondary N) is 3. The van der Waals surface area contributed by atoms with Crippen molar-refractivity contribution in [3.8, 4) is 33.8 Å². The zero-order chi connectivity index (χ0) is 46.7. The zero-order valence-corrected chi connectivity index (χ0v) is 38.5. The Balaban J connectivity index is 0.000000224. The van der Waals surface area contributed by atoms with Crippen molar-refractivity contribution in [1.29, 1.82) is 0 Å². The standard InChI is InChI=1S/C29H30N2O5S.C21H22N2O4S/c1-4-35-24-14-13-23(17-25(24)36-5-2)28(33)31(3)18-20-7-6-8-22(15-20)21-11-9-19(10-12-21)16-26-27(32)30-29(34)37-26;1-21(2,23-19(25)26)12-14-4-3-5-16(10-14)15-8-6-13(7-9-15)11-17-18(24)22-20(27)28-17/h6-15,17,26H,4-5,16,18H2,1-3H3,(H,30,32,34);3-10,17,23H,11-12H2,1-2H3,(H,25,26)(H,22,24,27). The highest BCUT2D eigenvalue weighted by Crippen LogP contribution is 2.31. The lowest BCUT2D eigenvalue weighted by Gasteiger charge is -2.24. The van der Waals surface area contributed by atoms with Crippen LogP contribution in [0.4, 0.5) is 14.4 Å². The lowest BCUT2D eigenvalue weighted by atomic mass is 9.92. The first-order valence-electron chi connectivity index (χ1n) is 21.1. The van der Waals surface area contributed by atoms with Gasteiger partial charge in [0.1, 0.15) is 0 Å². The zero-order valence-electron chi connectivity index (χ0n) is 36.8. The fourth-order valence-electron chi connectivity index (χ4n) is 7.45. The molecule has 2 heterocycles. The van der Waals surface area contributed by atoms with Gasteiger partial charge in [-0.15, -0.1) is 0 Å². The average molecular weight is 917 g/mol. The van der Waals surface area contributed by atoms with Crippen molar-refractivity contribution < 1.29 is 43.3 Å². The van der Waals surface area contributed by atoms with Crippen LogP contribution in [0.15, 0.2) is 115 Å². The molecule has 2 aliphatic rings. The van der Waals surface area contributed by atoms with Crippen LogP contribution in [0.25, 0.3) is 22.3 Å². The number of nitrogens with zero attached hydrogens (tertiary/aromatic N) is 1. The minimum absolute atomic E-state index is 0.106. The second-order valence-electron chi connectivity index (χ2n) is 16.1. The van der Waals surface area contributed by atoms with E-state index in [0.29, 0.717) is 56.1 Å². The molecule has 0 aromatic heterocycles. The fraction of sp³-hybridized carbons (Fsp3) is 0.280. The van der Waals surface area contributed by atoms with Gasteiger partial charge >= 0.3 is 6.09 Å². The molecule has 2 saturated heterocycles. The van der Waals surface area contributed by atoms with Gasteiger partial charge in [0.15, 0.2) is 11.5 Å². The predicted molar refractivity (Wildman–Crippen MR) is 255 cm³/mol. The van der Waals surface area contributed by atoms with Gasteiger partial charge in [-0.3, -0.25) is 34.6 Å². The second-order valence-corrected chi connectivity index (χ2v) is 18.5. The third kappa shape index (κ3) is 13.5. The van der Waals surface area contributed by atoms with E-state index in [-0.39, 0.29) is 38.7 Å². The summed E-state index contributed by atoms with van der Waals surface area (Å²) in [5.41, 5.74) is 8.15. The molecule has 6 amide bonds. The first-order valence-corrected chi connectivity index (χ1v) is 22.9. The third-order valence-electron chi connectivity index (χ3n) is 10.5. The van der Waals surface area contributed by atoms with Crippen molar-refractivity contribution in [3.63, 3.8) is 0 Å². The molecule has 0 radical (unpaired) electrons. The predicted octanol–water partition coefficient (Wildman–Crippen LogP) is 9.15. The third-order valence-corrected chi connectivity index (χ3v) is 12.4. The van der Waals surface area contributed by atoms with Gasteiger partial charge in [0.25, 0.3) is 16.4 Å². The number of benzene rings is 5. The van der Waals surface area contributed by atoms with Crippen molar-refractivity contribution >= 4 is 57.8 Å². The normalized spacial score (nSPS) is 15.6. The Morgan fingerprint density at radius 3 is 1.62 bits per heavy atom. The number of hydrogen-bond donors (Lipinski definition) is 4. The van der Waals surface area contributed by atoms with Crippen LogP contribution in [0, 0.1) is 0 Å². The van der Waals surface area contributed by atoms with E-state index in [1.165, 1.54) is 0 Å². The average Bonchev–Trinajstić information content (AvgIpc) is 3.76. The van der Waals surface area contributed by atoms with Crippen molar-refractivity contribution in [2.24, 2.45) is 0 Å². The number of thioether (sulfide) groups is 2. The first-order chi connectivity index (χ1) is 31.1. The first kappa shape index (κ1) is 47.9. The van der Waals surface area contributed by atoms with Gasteiger partial charge in [0.2, 0.25) is 11.8 Å². The molecule has 2 unspecified atom stereocenters. The molecule has 4 N–H and O–H groups in total. The summed E-state index contributed by atoms with van der Waals surface area (Å²) >= 11 is 2.07. The monoisotopic (exact) mass is 916 g/mol. The molecule has 65 heavy (non-hydrogen) atoms. The molecule has 13 nitrogen and oxygen atoms in total. The topological polar surface area (TPSA) is 180 Å². The Labute approximate surface area is 387 Å². The maximum Gasteiger partial charge on any atom is 0.405 e. The maximum atomic E-state index is 13.1. The Kier molecular flexibility index (Phi) is 16.1. The van der Waals surface area contributed by atoms with E-state index >= 15 is 0 Å². The van der Waals surface area contributed by atoms with Gasteiger partial charge in [-0.05, 0) is 116 Å². The summed E-state index contributed by atoms with van der Waals surface area (Å²) in [5, 5.41) is 14.8. The molecule has 0 spiro atoms. The van der Waals surface area contributed by atoms with Gasteiger partial charge in [-0.25, -0.2) is 4.79 Å². The van der Waals surface area contributed by atoms with Gasteiger partial charge in [-0.2, -0.15) is 0 Å². The van der Waals surface area contributed by atoms with Crippen LogP contribution < -0.4 is 25.4 Å². The Morgan fingerprint density at radius 2 is 1.14 bits per heavy atom. The van der Waals surface area contributed by atoms with Gasteiger partial charge < -0.3 is 24.8 Å². The highest BCUT2D eigenvalue weighted by molar-refractivity contribution is 8.15. The molecule has 0 saturated carbocycles. The largest absolute Gasteiger partial charge is 0.490 e. The molecule has 5 aromatic rings. The van der Waals surface area contributed by atoms with E-state index in [1.807, 2.05) is 113 Å². The van der Waals surface area contributed by atoms with E-state index < -0.39 is 11.6 Å². The number of carboxylic acid groups (broad SMARTS) is 1. The van der Waals surface area contributed by atoms with Crippen molar-refractivity contribution in [2.45, 2.75) is 69.5 Å². The maximum absolute atomic E-state index is 13.1. The summed E-state index contributed by atoms with van der Waals surface area (Å²) in [7, 11) is 1.78. The van der Waals surface area contributed by atoms with E-state index in [1.54, 1.807) is 30.1 Å². The number of hydrogen-bond acceptors (Lipinski definition) is 10. The molecule has 2 fully saturated rings. The summed E-state index contributed by atoms with van der Waals surface area (Å²) in [6, 6.07) is 37.3. The SMILES string of the molecule is CC(C)(Cc1cccc(-c2ccc(CC3SC(=O)NC3=O)cc2)c1)NC(=O)O.CCOc1ccc(C(=O)N(C)Cc2cccc(-c3ccc(CC4SC(=O)NC4=O)cc3)c2)cc1OCC. The Bertz CT molecular complexity index is 2550. The fourth-order valence-corrected chi connectivity index (χ4v) is 9.17. The molecular weight excluding hydrogens is 865 g/mol. The van der Waals surface area contributed by atoms with Crippen LogP contribution in [0.5, 0.6) is 11.5 Å². The lowest BCUT2D eigenvalue weighted by Crippen LogP contribution is -2.44. The van der Waals surface area contributed by atoms with Crippen LogP contribution in [-0.2, 0) is 35.4 Å². The summed E-state index contributed by atoms with van der Waals surface area (Å²) in [5.74, 6) is 0.619. The van der Waals surface area contributed by atoms with Gasteiger partial charge in [0.05, 0.1) is 23.7 Å².